The summed E-state index contributed by atoms with van der Waals surface area (Å²) < 4.78 is 0. The van der Waals surface area contributed by atoms with Gasteiger partial charge in [-0.1, -0.05) is 32.6 Å². The average Bonchev–Trinajstić information content (AvgIpc) is 2.78. The van der Waals surface area contributed by atoms with E-state index in [9.17, 15) is 9.90 Å². The highest BCUT2D eigenvalue weighted by Crippen LogP contribution is 2.33. The first-order chi connectivity index (χ1) is 8.50. The first-order valence-electron chi connectivity index (χ1n) is 7.22. The minimum Gasteiger partial charge on any atom is -0.394 e. The van der Waals surface area contributed by atoms with Crippen molar-refractivity contribution in [3.05, 3.63) is 0 Å². The summed E-state index contributed by atoms with van der Waals surface area (Å²) in [6.45, 7) is 2.19. The van der Waals surface area contributed by atoms with Crippen molar-refractivity contribution in [1.29, 1.82) is 0 Å². The van der Waals surface area contributed by atoms with Gasteiger partial charge in [-0.2, -0.15) is 0 Å². The standard InChI is InChI=1S/C14H26N2O2/c1-11-5-4-8-14(15,9-11)12(18)16-13(10-17)6-2-3-7-13/h11,17H,2-10,15H2,1H3,(H,16,18). The summed E-state index contributed by atoms with van der Waals surface area (Å²) in [4.78, 5) is 12.4. The zero-order valence-corrected chi connectivity index (χ0v) is 11.4. The molecule has 2 rings (SSSR count). The van der Waals surface area contributed by atoms with Crippen LogP contribution in [0.3, 0.4) is 0 Å². The Morgan fingerprint density at radius 1 is 1.33 bits per heavy atom. The van der Waals surface area contributed by atoms with Crippen LogP contribution < -0.4 is 11.1 Å². The summed E-state index contributed by atoms with van der Waals surface area (Å²) in [6.07, 6.45) is 7.63. The normalized spacial score (nSPS) is 35.4. The highest BCUT2D eigenvalue weighted by molar-refractivity contribution is 5.86. The van der Waals surface area contributed by atoms with Crippen LogP contribution in [0.2, 0.25) is 0 Å². The van der Waals surface area contributed by atoms with Gasteiger partial charge in [-0.3, -0.25) is 4.79 Å². The molecule has 2 atom stereocenters. The molecule has 2 fully saturated rings. The van der Waals surface area contributed by atoms with Gasteiger partial charge in [0.15, 0.2) is 0 Å². The molecule has 0 heterocycles. The number of hydrogen-bond donors (Lipinski definition) is 3. The van der Waals surface area contributed by atoms with Crippen molar-refractivity contribution in [2.75, 3.05) is 6.61 Å². The third kappa shape index (κ3) is 2.69. The van der Waals surface area contributed by atoms with Crippen molar-refractivity contribution in [3.63, 3.8) is 0 Å². The number of nitrogens with two attached hydrogens (primary N) is 1. The van der Waals surface area contributed by atoms with E-state index in [1.165, 1.54) is 0 Å². The van der Waals surface area contributed by atoms with E-state index in [-0.39, 0.29) is 12.5 Å². The molecule has 0 aliphatic heterocycles. The van der Waals surface area contributed by atoms with Crippen molar-refractivity contribution in [2.45, 2.75) is 69.4 Å². The minimum absolute atomic E-state index is 0.0321. The number of aliphatic hydroxyl groups excluding tert-OH is 1. The van der Waals surface area contributed by atoms with Gasteiger partial charge in [-0.25, -0.2) is 0 Å². The van der Waals surface area contributed by atoms with Crippen LogP contribution in [0.25, 0.3) is 0 Å². The van der Waals surface area contributed by atoms with E-state index in [4.69, 9.17) is 5.73 Å². The molecule has 104 valence electrons. The van der Waals surface area contributed by atoms with Gasteiger partial charge in [0.05, 0.1) is 17.7 Å². The summed E-state index contributed by atoms with van der Waals surface area (Å²) in [6, 6.07) is 0. The van der Waals surface area contributed by atoms with Gasteiger partial charge in [0, 0.05) is 0 Å². The van der Waals surface area contributed by atoms with Crippen molar-refractivity contribution in [2.24, 2.45) is 11.7 Å². The lowest BCUT2D eigenvalue weighted by molar-refractivity contribution is -0.130. The highest BCUT2D eigenvalue weighted by atomic mass is 16.3. The second-order valence-corrected chi connectivity index (χ2v) is 6.46. The molecule has 0 aromatic carbocycles. The van der Waals surface area contributed by atoms with E-state index in [1.54, 1.807) is 0 Å². The lowest BCUT2D eigenvalue weighted by Crippen LogP contribution is -2.62. The van der Waals surface area contributed by atoms with Gasteiger partial charge in [-0.15, -0.1) is 0 Å². The van der Waals surface area contributed by atoms with Crippen LogP contribution in [0.1, 0.15) is 58.3 Å². The zero-order chi connectivity index (χ0) is 13.2. The number of amides is 1. The summed E-state index contributed by atoms with van der Waals surface area (Å²) in [5.74, 6) is 0.466. The van der Waals surface area contributed by atoms with E-state index in [0.717, 1.165) is 51.4 Å². The molecule has 0 aromatic rings. The fraction of sp³-hybridized carbons (Fsp3) is 0.929. The maximum absolute atomic E-state index is 12.4. The van der Waals surface area contributed by atoms with Crippen LogP contribution in [-0.4, -0.2) is 28.7 Å². The van der Waals surface area contributed by atoms with Gasteiger partial charge in [0.1, 0.15) is 0 Å². The molecule has 0 spiro atoms. The number of rotatable bonds is 3. The summed E-state index contributed by atoms with van der Waals surface area (Å²) in [5, 5.41) is 12.6. The smallest absolute Gasteiger partial charge is 0.240 e. The van der Waals surface area contributed by atoms with E-state index in [0.29, 0.717) is 5.92 Å². The molecule has 4 heteroatoms. The van der Waals surface area contributed by atoms with E-state index in [2.05, 4.69) is 12.2 Å². The van der Waals surface area contributed by atoms with Gasteiger partial charge in [-0.05, 0) is 31.6 Å². The molecular formula is C14H26N2O2. The molecule has 2 aliphatic carbocycles. The quantitative estimate of drug-likeness (QED) is 0.711. The van der Waals surface area contributed by atoms with Crippen LogP contribution >= 0.6 is 0 Å². The number of hydrogen-bond acceptors (Lipinski definition) is 3. The fourth-order valence-corrected chi connectivity index (χ4v) is 3.54. The third-order valence-electron chi connectivity index (χ3n) is 4.73. The molecule has 4 N–H and O–H groups in total. The van der Waals surface area contributed by atoms with Crippen molar-refractivity contribution in [1.82, 2.24) is 5.32 Å². The van der Waals surface area contributed by atoms with Crippen LogP contribution in [-0.2, 0) is 4.79 Å². The Kier molecular flexibility index (Phi) is 3.97. The maximum atomic E-state index is 12.4. The summed E-state index contributed by atoms with van der Waals surface area (Å²) >= 11 is 0. The second-order valence-electron chi connectivity index (χ2n) is 6.46. The number of aliphatic hydroxyl groups is 1. The Labute approximate surface area is 109 Å². The summed E-state index contributed by atoms with van der Waals surface area (Å²) in [7, 11) is 0. The third-order valence-corrected chi connectivity index (χ3v) is 4.73. The van der Waals surface area contributed by atoms with Gasteiger partial charge in [0.2, 0.25) is 5.91 Å². The fourth-order valence-electron chi connectivity index (χ4n) is 3.54. The molecule has 0 saturated heterocycles. The summed E-state index contributed by atoms with van der Waals surface area (Å²) in [5.41, 5.74) is 5.17. The van der Waals surface area contributed by atoms with Crippen molar-refractivity contribution < 1.29 is 9.90 Å². The Bertz CT molecular complexity index is 313. The Balaban J connectivity index is 2.02. The highest BCUT2D eigenvalue weighted by Gasteiger charge is 2.43. The number of carbonyl (C=O) groups is 1. The number of nitrogens with one attached hydrogen (secondary N) is 1. The first-order valence-corrected chi connectivity index (χ1v) is 7.22. The molecule has 0 bridgehead atoms. The topological polar surface area (TPSA) is 75.4 Å². The molecule has 0 radical (unpaired) electrons. The molecule has 2 unspecified atom stereocenters. The monoisotopic (exact) mass is 254 g/mol. The SMILES string of the molecule is CC1CCCC(N)(C(=O)NC2(CO)CCCC2)C1. The van der Waals surface area contributed by atoms with E-state index in [1.807, 2.05) is 0 Å². The molecule has 1 amide bonds. The maximum Gasteiger partial charge on any atom is 0.240 e. The molecule has 4 nitrogen and oxygen atoms in total. The first kappa shape index (κ1) is 13.8. The molecule has 2 saturated carbocycles. The van der Waals surface area contributed by atoms with Gasteiger partial charge < -0.3 is 16.2 Å². The van der Waals surface area contributed by atoms with E-state index < -0.39 is 11.1 Å². The van der Waals surface area contributed by atoms with Gasteiger partial charge >= 0.3 is 0 Å². The number of carbonyl (C=O) groups excluding carboxylic acids is 1. The predicted molar refractivity (Wildman–Crippen MR) is 71.0 cm³/mol. The molecule has 18 heavy (non-hydrogen) atoms. The van der Waals surface area contributed by atoms with Crippen LogP contribution in [0, 0.1) is 5.92 Å². The molecular weight excluding hydrogens is 228 g/mol. The minimum atomic E-state index is -0.720. The average molecular weight is 254 g/mol. The predicted octanol–water partition coefficient (Wildman–Crippen LogP) is 1.32. The Morgan fingerprint density at radius 3 is 2.56 bits per heavy atom. The zero-order valence-electron chi connectivity index (χ0n) is 11.4. The van der Waals surface area contributed by atoms with E-state index >= 15 is 0 Å². The lowest BCUT2D eigenvalue weighted by Gasteiger charge is -2.39. The molecule has 2 aliphatic rings. The van der Waals surface area contributed by atoms with Crippen LogP contribution in [0.15, 0.2) is 0 Å². The molecule has 0 aromatic heterocycles. The van der Waals surface area contributed by atoms with Crippen molar-refractivity contribution in [3.8, 4) is 0 Å². The van der Waals surface area contributed by atoms with Gasteiger partial charge in [0.25, 0.3) is 0 Å². The largest absolute Gasteiger partial charge is 0.394 e. The van der Waals surface area contributed by atoms with Crippen LogP contribution in [0.4, 0.5) is 0 Å². The van der Waals surface area contributed by atoms with Crippen LogP contribution in [0.5, 0.6) is 0 Å². The Hall–Kier alpha value is -0.610. The van der Waals surface area contributed by atoms with Crippen molar-refractivity contribution >= 4 is 5.91 Å². The Morgan fingerprint density at radius 2 is 2.00 bits per heavy atom. The second kappa shape index (κ2) is 5.17. The lowest BCUT2D eigenvalue weighted by atomic mass is 9.76.